The van der Waals surface area contributed by atoms with Gasteiger partial charge in [-0.2, -0.15) is 5.53 Å². The van der Waals surface area contributed by atoms with E-state index in [1.54, 1.807) is 19.2 Å². The summed E-state index contributed by atoms with van der Waals surface area (Å²) in [4.78, 5) is 0. The van der Waals surface area contributed by atoms with Gasteiger partial charge in [-0.25, -0.2) is 5.43 Å². The zero-order valence-corrected chi connectivity index (χ0v) is 8.97. The molecule has 1 aromatic rings. The van der Waals surface area contributed by atoms with E-state index in [0.717, 1.165) is 11.4 Å². The van der Waals surface area contributed by atoms with Crippen LogP contribution in [0, 0.1) is 0 Å². The van der Waals surface area contributed by atoms with Gasteiger partial charge in [0, 0.05) is 7.05 Å². The van der Waals surface area contributed by atoms with Gasteiger partial charge >= 0.3 is 0 Å². The van der Waals surface area contributed by atoms with E-state index in [0.29, 0.717) is 0 Å². The van der Waals surface area contributed by atoms with E-state index in [1.807, 2.05) is 24.3 Å². The smallest absolute Gasteiger partial charge is 0.144 e. The molecule has 2 N–H and O–H groups in total. The molecule has 1 rings (SSSR count). The Bertz CT molecular complexity index is 306. The van der Waals surface area contributed by atoms with Crippen molar-refractivity contribution in [1.82, 2.24) is 11.0 Å². The van der Waals surface area contributed by atoms with Crippen LogP contribution >= 0.6 is 12.2 Å². The summed E-state index contributed by atoms with van der Waals surface area (Å²) in [6.07, 6.45) is 0. The van der Waals surface area contributed by atoms with Crippen LogP contribution in [0.1, 0.15) is 0 Å². The first kappa shape index (κ1) is 10.9. The Morgan fingerprint density at radius 3 is 2.71 bits per heavy atom. The van der Waals surface area contributed by atoms with Crippen molar-refractivity contribution in [2.24, 2.45) is 0 Å². The first-order valence-electron chi connectivity index (χ1n) is 4.13. The molecule has 4 nitrogen and oxygen atoms in total. The largest absolute Gasteiger partial charge is 0.495 e. The van der Waals surface area contributed by atoms with Crippen LogP contribution in [0.5, 0.6) is 5.75 Å². The minimum absolute atomic E-state index is 0.761. The van der Waals surface area contributed by atoms with E-state index in [4.69, 9.17) is 17.0 Å². The minimum atomic E-state index is 0.761. The number of benzene rings is 1. The highest BCUT2D eigenvalue weighted by Gasteiger charge is 2.07. The van der Waals surface area contributed by atoms with Crippen LogP contribution in [-0.4, -0.2) is 19.6 Å². The first-order valence-corrected chi connectivity index (χ1v) is 4.60. The molecule has 0 aliphatic carbocycles. The van der Waals surface area contributed by atoms with Crippen LogP contribution in [0.3, 0.4) is 0 Å². The van der Waals surface area contributed by atoms with Gasteiger partial charge in [-0.1, -0.05) is 24.4 Å². The van der Waals surface area contributed by atoms with Gasteiger partial charge in [0.05, 0.1) is 12.6 Å². The molecule has 0 bridgehead atoms. The number of hydrogen-bond acceptors (Lipinski definition) is 4. The van der Waals surface area contributed by atoms with Crippen molar-refractivity contribution >= 4 is 23.4 Å². The quantitative estimate of drug-likeness (QED) is 0.563. The first-order chi connectivity index (χ1) is 6.83. The normalized spacial score (nSPS) is 9.57. The fourth-order valence-electron chi connectivity index (χ4n) is 1.09. The molecule has 0 saturated heterocycles. The summed E-state index contributed by atoms with van der Waals surface area (Å²) in [5, 5.41) is 1.66. The fraction of sp³-hybridized carbons (Fsp3) is 0.222. The van der Waals surface area contributed by atoms with Crippen LogP contribution in [0.15, 0.2) is 24.3 Å². The zero-order chi connectivity index (χ0) is 10.4. The number of thiocarbonyl (C=S) groups is 1. The van der Waals surface area contributed by atoms with Gasteiger partial charge < -0.3 is 4.74 Å². The van der Waals surface area contributed by atoms with Crippen molar-refractivity contribution in [3.8, 4) is 5.75 Å². The van der Waals surface area contributed by atoms with Crippen molar-refractivity contribution in [3.63, 3.8) is 0 Å². The standard InChI is InChI=1S/C9H13N3OS/c1-10-11-12(7-14)8-5-3-4-6-9(8)13-2/h3-7,10-11H,1-2H3. The van der Waals surface area contributed by atoms with Gasteiger partial charge in [-0.15, -0.1) is 0 Å². The number of para-hydroxylation sites is 2. The molecule has 0 saturated carbocycles. The Hall–Kier alpha value is -1.17. The third-order valence-corrected chi connectivity index (χ3v) is 1.89. The Kier molecular flexibility index (Phi) is 4.31. The average Bonchev–Trinajstić information content (AvgIpc) is 2.26. The Morgan fingerprint density at radius 2 is 2.14 bits per heavy atom. The van der Waals surface area contributed by atoms with Crippen molar-refractivity contribution in [2.45, 2.75) is 0 Å². The van der Waals surface area contributed by atoms with Gasteiger partial charge in [0.25, 0.3) is 0 Å². The fourth-order valence-corrected chi connectivity index (χ4v) is 1.26. The minimum Gasteiger partial charge on any atom is -0.495 e. The molecule has 76 valence electrons. The Morgan fingerprint density at radius 1 is 1.43 bits per heavy atom. The molecule has 0 radical (unpaired) electrons. The van der Waals surface area contributed by atoms with Crippen LogP contribution in [0.4, 0.5) is 5.69 Å². The van der Waals surface area contributed by atoms with Crippen molar-refractivity contribution in [3.05, 3.63) is 24.3 Å². The SMILES string of the molecule is CNNN(C=S)c1ccccc1OC. The van der Waals surface area contributed by atoms with Gasteiger partial charge in [0.2, 0.25) is 0 Å². The molecule has 0 atom stereocenters. The van der Waals surface area contributed by atoms with Gasteiger partial charge in [-0.3, -0.25) is 5.01 Å². The van der Waals surface area contributed by atoms with Crippen LogP contribution in [0.2, 0.25) is 0 Å². The molecule has 14 heavy (non-hydrogen) atoms. The summed E-state index contributed by atoms with van der Waals surface area (Å²) in [6, 6.07) is 7.61. The third-order valence-electron chi connectivity index (χ3n) is 1.68. The lowest BCUT2D eigenvalue weighted by Crippen LogP contribution is -2.44. The lowest BCUT2D eigenvalue weighted by Gasteiger charge is -2.21. The molecule has 0 amide bonds. The number of rotatable bonds is 5. The molecule has 0 fully saturated rings. The molecule has 0 heterocycles. The van der Waals surface area contributed by atoms with E-state index in [2.05, 4.69) is 11.0 Å². The summed E-state index contributed by atoms with van der Waals surface area (Å²) in [7, 11) is 3.39. The summed E-state index contributed by atoms with van der Waals surface area (Å²) in [6.45, 7) is 0. The second kappa shape index (κ2) is 5.54. The lowest BCUT2D eigenvalue weighted by atomic mass is 10.3. The molecular formula is C9H13N3OS. The molecular weight excluding hydrogens is 198 g/mol. The predicted molar refractivity (Wildman–Crippen MR) is 61.3 cm³/mol. The maximum absolute atomic E-state index is 5.20. The number of nitrogens with one attached hydrogen (secondary N) is 2. The maximum Gasteiger partial charge on any atom is 0.144 e. The number of anilines is 1. The molecule has 0 aliphatic heterocycles. The predicted octanol–water partition coefficient (Wildman–Crippen LogP) is 1.10. The van der Waals surface area contributed by atoms with E-state index >= 15 is 0 Å². The van der Waals surface area contributed by atoms with Crippen LogP contribution < -0.4 is 20.7 Å². The summed E-state index contributed by atoms with van der Waals surface area (Å²) in [5.74, 6) is 0.761. The summed E-state index contributed by atoms with van der Waals surface area (Å²) < 4.78 is 5.20. The summed E-state index contributed by atoms with van der Waals surface area (Å²) >= 11 is 4.87. The highest BCUT2D eigenvalue weighted by Crippen LogP contribution is 2.25. The van der Waals surface area contributed by atoms with E-state index in [-0.39, 0.29) is 0 Å². The molecule has 0 aromatic heterocycles. The number of methoxy groups -OCH3 is 1. The van der Waals surface area contributed by atoms with Gasteiger partial charge in [-0.05, 0) is 12.1 Å². The van der Waals surface area contributed by atoms with Crippen molar-refractivity contribution < 1.29 is 4.74 Å². The highest BCUT2D eigenvalue weighted by molar-refractivity contribution is 7.79. The van der Waals surface area contributed by atoms with Crippen molar-refractivity contribution in [1.29, 1.82) is 0 Å². The van der Waals surface area contributed by atoms with Gasteiger partial charge in [0.1, 0.15) is 11.4 Å². The highest BCUT2D eigenvalue weighted by atomic mass is 32.1. The topological polar surface area (TPSA) is 36.5 Å². The zero-order valence-electron chi connectivity index (χ0n) is 8.15. The average molecular weight is 211 g/mol. The number of hydrogen-bond donors (Lipinski definition) is 2. The number of nitrogens with zero attached hydrogens (tertiary/aromatic N) is 1. The number of ether oxygens (including phenoxy) is 1. The molecule has 5 heteroatoms. The third kappa shape index (κ3) is 2.41. The van der Waals surface area contributed by atoms with E-state index in [9.17, 15) is 0 Å². The molecule has 0 aliphatic rings. The maximum atomic E-state index is 5.20. The van der Waals surface area contributed by atoms with Crippen LogP contribution in [-0.2, 0) is 0 Å². The van der Waals surface area contributed by atoms with Crippen molar-refractivity contribution in [2.75, 3.05) is 19.2 Å². The van der Waals surface area contributed by atoms with E-state index in [1.165, 1.54) is 5.49 Å². The Labute approximate surface area is 88.8 Å². The van der Waals surface area contributed by atoms with Gasteiger partial charge in [0.15, 0.2) is 0 Å². The van der Waals surface area contributed by atoms with E-state index < -0.39 is 0 Å². The Balaban J connectivity index is 2.95. The second-order valence-electron chi connectivity index (χ2n) is 2.51. The number of hydrazine groups is 2. The molecule has 0 unspecified atom stereocenters. The lowest BCUT2D eigenvalue weighted by molar-refractivity contribution is 0.414. The molecule has 0 spiro atoms. The van der Waals surface area contributed by atoms with Crippen LogP contribution in [0.25, 0.3) is 0 Å². The monoisotopic (exact) mass is 211 g/mol. The second-order valence-corrected chi connectivity index (χ2v) is 2.72. The molecule has 1 aromatic carbocycles. The summed E-state index contributed by atoms with van der Waals surface area (Å²) in [5.41, 5.74) is 8.01.